The van der Waals surface area contributed by atoms with Gasteiger partial charge in [-0.25, -0.2) is 4.79 Å². The van der Waals surface area contributed by atoms with E-state index in [-0.39, 0.29) is 6.61 Å². The van der Waals surface area contributed by atoms with Crippen molar-refractivity contribution in [3.63, 3.8) is 0 Å². The third-order valence-corrected chi connectivity index (χ3v) is 4.24. The molecule has 0 aliphatic heterocycles. The number of hydrogen-bond donors (Lipinski definition) is 0. The Morgan fingerprint density at radius 1 is 1.00 bits per heavy atom. The van der Waals surface area contributed by atoms with Crippen LogP contribution in [0.5, 0.6) is 11.5 Å². The molecule has 0 fully saturated rings. The smallest absolute Gasteiger partial charge is 0.349 e. The Labute approximate surface area is 143 Å². The van der Waals surface area contributed by atoms with Crippen LogP contribution in [0.3, 0.4) is 0 Å². The fraction of sp³-hybridized carbons (Fsp3) is 0.105. The molecule has 0 radical (unpaired) electrons. The first-order valence-corrected chi connectivity index (χ1v) is 8.00. The van der Waals surface area contributed by atoms with E-state index in [4.69, 9.17) is 9.47 Å². The molecule has 0 N–H and O–H groups in total. The van der Waals surface area contributed by atoms with E-state index in [0.717, 1.165) is 20.8 Å². The number of aryl methyl sites for hydroxylation is 1. The summed E-state index contributed by atoms with van der Waals surface area (Å²) in [4.78, 5) is 11.9. The standard InChI is InChI=1S/C19H15BrO3/c1-13-6-9-15(10-7-13)23-18(21)12-22-17-11-8-14-4-2-3-5-16(14)19(17)20/h2-11H,12H2,1H3. The van der Waals surface area contributed by atoms with Crippen molar-refractivity contribution in [1.29, 1.82) is 0 Å². The van der Waals surface area contributed by atoms with Crippen LogP contribution in [-0.4, -0.2) is 12.6 Å². The first-order chi connectivity index (χ1) is 11.1. The van der Waals surface area contributed by atoms with Gasteiger partial charge in [0.05, 0.1) is 4.47 Å². The van der Waals surface area contributed by atoms with Crippen molar-refractivity contribution in [1.82, 2.24) is 0 Å². The minimum absolute atomic E-state index is 0.148. The highest BCUT2D eigenvalue weighted by atomic mass is 79.9. The molecule has 0 unspecified atom stereocenters. The first-order valence-electron chi connectivity index (χ1n) is 7.21. The first kappa shape index (κ1) is 15.6. The lowest BCUT2D eigenvalue weighted by molar-refractivity contribution is -0.136. The molecule has 3 nitrogen and oxygen atoms in total. The number of benzene rings is 3. The second-order valence-corrected chi connectivity index (χ2v) is 5.97. The number of halogens is 1. The van der Waals surface area contributed by atoms with Crippen molar-refractivity contribution >= 4 is 32.7 Å². The number of esters is 1. The number of carbonyl (C=O) groups excluding carboxylic acids is 1. The van der Waals surface area contributed by atoms with Gasteiger partial charge in [-0.1, -0.05) is 48.0 Å². The Morgan fingerprint density at radius 3 is 2.52 bits per heavy atom. The number of ether oxygens (including phenoxy) is 2. The summed E-state index contributed by atoms with van der Waals surface area (Å²) in [6.45, 7) is 1.83. The molecule has 116 valence electrons. The average molecular weight is 371 g/mol. The molecule has 0 atom stereocenters. The predicted molar refractivity (Wildman–Crippen MR) is 94.0 cm³/mol. The van der Waals surface area contributed by atoms with Crippen LogP contribution in [0.25, 0.3) is 10.8 Å². The van der Waals surface area contributed by atoms with E-state index in [1.54, 1.807) is 12.1 Å². The van der Waals surface area contributed by atoms with Gasteiger partial charge in [0.15, 0.2) is 6.61 Å². The second-order valence-electron chi connectivity index (χ2n) is 5.17. The van der Waals surface area contributed by atoms with E-state index in [1.165, 1.54) is 0 Å². The molecule has 23 heavy (non-hydrogen) atoms. The Morgan fingerprint density at radius 2 is 1.74 bits per heavy atom. The summed E-state index contributed by atoms with van der Waals surface area (Å²) in [6, 6.07) is 19.1. The van der Waals surface area contributed by atoms with Crippen LogP contribution in [0.1, 0.15) is 5.56 Å². The van der Waals surface area contributed by atoms with Crippen molar-refractivity contribution in [2.24, 2.45) is 0 Å². The maximum atomic E-state index is 11.9. The molecular weight excluding hydrogens is 356 g/mol. The number of hydrogen-bond acceptors (Lipinski definition) is 3. The molecule has 0 saturated carbocycles. The predicted octanol–water partition coefficient (Wildman–Crippen LogP) is 4.90. The largest absolute Gasteiger partial charge is 0.481 e. The molecule has 0 aliphatic carbocycles. The summed E-state index contributed by atoms with van der Waals surface area (Å²) in [6.07, 6.45) is 0. The van der Waals surface area contributed by atoms with Gasteiger partial charge >= 0.3 is 5.97 Å². The van der Waals surface area contributed by atoms with Gasteiger partial charge in [0.25, 0.3) is 0 Å². The van der Waals surface area contributed by atoms with Crippen molar-refractivity contribution in [3.8, 4) is 11.5 Å². The second kappa shape index (κ2) is 6.84. The van der Waals surface area contributed by atoms with Crippen LogP contribution in [0.2, 0.25) is 0 Å². The van der Waals surface area contributed by atoms with Crippen LogP contribution in [-0.2, 0) is 4.79 Å². The summed E-state index contributed by atoms with van der Waals surface area (Å²) in [5.74, 6) is 0.695. The van der Waals surface area contributed by atoms with Crippen molar-refractivity contribution in [2.75, 3.05) is 6.61 Å². The zero-order chi connectivity index (χ0) is 16.2. The third-order valence-electron chi connectivity index (χ3n) is 3.43. The van der Waals surface area contributed by atoms with Crippen LogP contribution in [0.4, 0.5) is 0 Å². The molecule has 0 spiro atoms. The van der Waals surface area contributed by atoms with Crippen LogP contribution in [0, 0.1) is 6.92 Å². The number of carbonyl (C=O) groups is 1. The molecule has 3 aromatic rings. The third kappa shape index (κ3) is 3.71. The summed E-state index contributed by atoms with van der Waals surface area (Å²) >= 11 is 3.53. The maximum Gasteiger partial charge on any atom is 0.349 e. The van der Waals surface area contributed by atoms with Gasteiger partial charge in [-0.3, -0.25) is 0 Å². The minimum atomic E-state index is -0.436. The number of fused-ring (bicyclic) bond motifs is 1. The van der Waals surface area contributed by atoms with Gasteiger partial charge in [0.2, 0.25) is 0 Å². The molecule has 0 heterocycles. The fourth-order valence-electron chi connectivity index (χ4n) is 2.23. The van der Waals surface area contributed by atoms with Gasteiger partial charge < -0.3 is 9.47 Å². The lowest BCUT2D eigenvalue weighted by Crippen LogP contribution is -2.17. The Balaban J connectivity index is 1.67. The van der Waals surface area contributed by atoms with Gasteiger partial charge in [-0.2, -0.15) is 0 Å². The summed E-state index contributed by atoms with van der Waals surface area (Å²) in [7, 11) is 0. The Kier molecular flexibility index (Phi) is 4.63. The summed E-state index contributed by atoms with van der Waals surface area (Å²) in [5, 5.41) is 2.14. The van der Waals surface area contributed by atoms with E-state index in [9.17, 15) is 4.79 Å². The number of rotatable bonds is 4. The SMILES string of the molecule is Cc1ccc(OC(=O)COc2ccc3ccccc3c2Br)cc1. The molecule has 0 aromatic heterocycles. The minimum Gasteiger partial charge on any atom is -0.481 e. The lowest BCUT2D eigenvalue weighted by Gasteiger charge is -2.10. The van der Waals surface area contributed by atoms with E-state index < -0.39 is 5.97 Å². The fourth-order valence-corrected chi connectivity index (χ4v) is 2.84. The molecule has 0 aliphatic rings. The maximum absolute atomic E-state index is 11.9. The quantitative estimate of drug-likeness (QED) is 0.484. The van der Waals surface area contributed by atoms with Crippen LogP contribution >= 0.6 is 15.9 Å². The zero-order valence-electron chi connectivity index (χ0n) is 12.6. The van der Waals surface area contributed by atoms with Crippen LogP contribution < -0.4 is 9.47 Å². The molecule has 3 rings (SSSR count). The van der Waals surface area contributed by atoms with Crippen molar-refractivity contribution < 1.29 is 14.3 Å². The van der Waals surface area contributed by atoms with E-state index in [2.05, 4.69) is 15.9 Å². The highest BCUT2D eigenvalue weighted by molar-refractivity contribution is 9.10. The van der Waals surface area contributed by atoms with Gasteiger partial charge in [-0.05, 0) is 51.8 Å². The van der Waals surface area contributed by atoms with Gasteiger partial charge in [0, 0.05) is 0 Å². The summed E-state index contributed by atoms with van der Waals surface area (Å²) in [5.41, 5.74) is 1.11. The van der Waals surface area contributed by atoms with Crippen molar-refractivity contribution in [2.45, 2.75) is 6.92 Å². The average Bonchev–Trinajstić information content (AvgIpc) is 2.57. The Bertz CT molecular complexity index is 841. The molecular formula is C19H15BrO3. The molecule has 0 bridgehead atoms. The molecule has 0 saturated heterocycles. The normalized spacial score (nSPS) is 10.5. The monoisotopic (exact) mass is 370 g/mol. The van der Waals surface area contributed by atoms with E-state index in [0.29, 0.717) is 11.5 Å². The Hall–Kier alpha value is -2.33. The highest BCUT2D eigenvalue weighted by Crippen LogP contribution is 2.33. The summed E-state index contributed by atoms with van der Waals surface area (Å²) < 4.78 is 11.7. The van der Waals surface area contributed by atoms with Crippen molar-refractivity contribution in [3.05, 3.63) is 70.7 Å². The molecule has 3 aromatic carbocycles. The van der Waals surface area contributed by atoms with Crippen LogP contribution in [0.15, 0.2) is 65.1 Å². The topological polar surface area (TPSA) is 35.5 Å². The van der Waals surface area contributed by atoms with Gasteiger partial charge in [-0.15, -0.1) is 0 Å². The highest BCUT2D eigenvalue weighted by Gasteiger charge is 2.10. The molecule has 4 heteroatoms. The van der Waals surface area contributed by atoms with E-state index >= 15 is 0 Å². The van der Waals surface area contributed by atoms with E-state index in [1.807, 2.05) is 55.5 Å². The molecule has 0 amide bonds. The lowest BCUT2D eigenvalue weighted by atomic mass is 10.1. The van der Waals surface area contributed by atoms with Gasteiger partial charge in [0.1, 0.15) is 11.5 Å². The zero-order valence-corrected chi connectivity index (χ0v) is 14.2.